The van der Waals surface area contributed by atoms with Crippen LogP contribution in [0.1, 0.15) is 22.5 Å². The molecule has 5 heteroatoms. The van der Waals surface area contributed by atoms with Gasteiger partial charge in [-0.3, -0.25) is 9.36 Å². The maximum atomic E-state index is 13.2. The van der Waals surface area contributed by atoms with Crippen molar-refractivity contribution in [3.05, 3.63) is 106 Å². The minimum Gasteiger partial charge on any atom is -0.268 e. The number of nitriles is 2. The van der Waals surface area contributed by atoms with E-state index in [4.69, 9.17) is 5.26 Å². The van der Waals surface area contributed by atoms with E-state index in [1.165, 1.54) is 4.57 Å². The lowest BCUT2D eigenvalue weighted by Gasteiger charge is -2.11. The fourth-order valence-corrected chi connectivity index (χ4v) is 3.07. The van der Waals surface area contributed by atoms with Crippen LogP contribution >= 0.6 is 0 Å². The average molecular weight is 374 g/mol. The van der Waals surface area contributed by atoms with E-state index < -0.39 is 0 Å². The van der Waals surface area contributed by atoms with Crippen molar-refractivity contribution in [2.24, 2.45) is 0 Å². The summed E-state index contributed by atoms with van der Waals surface area (Å²) < 4.78 is 1.50. The molecule has 0 saturated carbocycles. The van der Waals surface area contributed by atoms with Gasteiger partial charge in [-0.2, -0.15) is 10.5 Å². The van der Waals surface area contributed by atoms with E-state index in [2.05, 4.69) is 17.1 Å². The zero-order chi connectivity index (χ0) is 20.2. The third kappa shape index (κ3) is 3.53. The van der Waals surface area contributed by atoms with Gasteiger partial charge in [0, 0.05) is 0 Å². The van der Waals surface area contributed by atoms with Gasteiger partial charge in [0.25, 0.3) is 5.56 Å². The van der Waals surface area contributed by atoms with E-state index in [-0.39, 0.29) is 5.56 Å². The quantitative estimate of drug-likeness (QED) is 0.535. The topological polar surface area (TPSA) is 82.5 Å². The molecule has 0 N–H and O–H groups in total. The number of fused-ring (bicyclic) bond motifs is 1. The molecule has 0 spiro atoms. The van der Waals surface area contributed by atoms with Crippen molar-refractivity contribution in [1.29, 1.82) is 10.5 Å². The van der Waals surface area contributed by atoms with E-state index in [1.54, 1.807) is 60.7 Å². The third-order valence-corrected chi connectivity index (χ3v) is 4.50. The second kappa shape index (κ2) is 7.64. The Balaban J connectivity index is 1.91. The van der Waals surface area contributed by atoms with Gasteiger partial charge in [-0.15, -0.1) is 0 Å². The molecule has 0 amide bonds. The zero-order valence-corrected chi connectivity index (χ0v) is 15.3. The Kier molecular flexibility index (Phi) is 4.72. The molecule has 0 radical (unpaired) electrons. The lowest BCUT2D eigenvalue weighted by Crippen LogP contribution is -2.22. The Morgan fingerprint density at radius 3 is 2.34 bits per heavy atom. The van der Waals surface area contributed by atoms with Crippen molar-refractivity contribution in [1.82, 2.24) is 9.55 Å². The van der Waals surface area contributed by atoms with Gasteiger partial charge in [0.05, 0.1) is 39.9 Å². The highest BCUT2D eigenvalue weighted by Crippen LogP contribution is 2.16. The summed E-state index contributed by atoms with van der Waals surface area (Å²) in [5, 5.41) is 18.7. The molecule has 5 nitrogen and oxygen atoms in total. The molecule has 0 atom stereocenters. The van der Waals surface area contributed by atoms with Crippen molar-refractivity contribution < 1.29 is 0 Å². The predicted molar refractivity (Wildman–Crippen MR) is 112 cm³/mol. The molecule has 0 aliphatic carbocycles. The van der Waals surface area contributed by atoms with Crippen molar-refractivity contribution in [2.75, 3.05) is 0 Å². The monoisotopic (exact) mass is 374 g/mol. The van der Waals surface area contributed by atoms with Gasteiger partial charge in [-0.1, -0.05) is 36.4 Å². The molecule has 1 aromatic heterocycles. The van der Waals surface area contributed by atoms with Crippen LogP contribution in [0, 0.1) is 22.7 Å². The fraction of sp³-hybridized carbons (Fsp3) is 0. The van der Waals surface area contributed by atoms with E-state index >= 15 is 0 Å². The summed E-state index contributed by atoms with van der Waals surface area (Å²) in [4.78, 5) is 17.9. The Bertz CT molecular complexity index is 1380. The highest BCUT2D eigenvalue weighted by Gasteiger charge is 2.11. The third-order valence-electron chi connectivity index (χ3n) is 4.50. The lowest BCUT2D eigenvalue weighted by molar-refractivity contribution is 0.943. The van der Waals surface area contributed by atoms with Crippen LogP contribution in [-0.4, -0.2) is 9.55 Å². The summed E-state index contributed by atoms with van der Waals surface area (Å²) in [5.41, 5.74) is 2.89. The molecule has 0 fully saturated rings. The van der Waals surface area contributed by atoms with Gasteiger partial charge in [0.15, 0.2) is 0 Å². The van der Waals surface area contributed by atoms with Crippen molar-refractivity contribution in [3.63, 3.8) is 0 Å². The lowest BCUT2D eigenvalue weighted by atomic mass is 10.1. The Hall–Kier alpha value is -4.48. The first-order valence-corrected chi connectivity index (χ1v) is 8.90. The molecular formula is C24H14N4O. The average Bonchev–Trinajstić information content (AvgIpc) is 2.78. The van der Waals surface area contributed by atoms with Crippen LogP contribution in [0.5, 0.6) is 0 Å². The Labute approximate surface area is 167 Å². The minimum atomic E-state index is -0.204. The van der Waals surface area contributed by atoms with Gasteiger partial charge < -0.3 is 0 Å². The number of hydrogen-bond acceptors (Lipinski definition) is 4. The number of hydrogen-bond donors (Lipinski definition) is 0. The molecular weight excluding hydrogens is 360 g/mol. The van der Waals surface area contributed by atoms with Gasteiger partial charge in [-0.05, 0) is 54.1 Å². The van der Waals surface area contributed by atoms with E-state index in [0.29, 0.717) is 33.5 Å². The standard InChI is InChI=1S/C24H14N4O/c25-15-18-10-8-17(9-11-18)12-13-23-27-22-7-2-1-6-21(22)24(29)28(23)20-5-3-4-19(14-20)16-26/h1-14H/b13-12+. The van der Waals surface area contributed by atoms with Crippen LogP contribution in [0.4, 0.5) is 0 Å². The number of para-hydroxylation sites is 1. The minimum absolute atomic E-state index is 0.204. The number of aromatic nitrogens is 2. The van der Waals surface area contributed by atoms with E-state index in [1.807, 2.05) is 24.3 Å². The number of benzene rings is 3. The first kappa shape index (κ1) is 17.9. The molecule has 4 aromatic rings. The van der Waals surface area contributed by atoms with Crippen LogP contribution < -0.4 is 5.56 Å². The van der Waals surface area contributed by atoms with Crippen LogP contribution in [0.3, 0.4) is 0 Å². The molecule has 136 valence electrons. The maximum Gasteiger partial charge on any atom is 0.266 e. The van der Waals surface area contributed by atoms with Crippen molar-refractivity contribution in [2.45, 2.75) is 0 Å². The second-order valence-corrected chi connectivity index (χ2v) is 6.36. The SMILES string of the molecule is N#Cc1ccc(/C=C/c2nc3ccccc3c(=O)n2-c2cccc(C#N)c2)cc1. The molecule has 0 aliphatic heterocycles. The van der Waals surface area contributed by atoms with Crippen molar-refractivity contribution >= 4 is 23.1 Å². The summed E-state index contributed by atoms with van der Waals surface area (Å²) in [6.07, 6.45) is 3.59. The molecule has 0 aliphatic rings. The largest absolute Gasteiger partial charge is 0.268 e. The van der Waals surface area contributed by atoms with Crippen molar-refractivity contribution in [3.8, 4) is 17.8 Å². The van der Waals surface area contributed by atoms with E-state index in [9.17, 15) is 10.1 Å². The normalized spacial score (nSPS) is 10.7. The van der Waals surface area contributed by atoms with Crippen LogP contribution in [0.15, 0.2) is 77.6 Å². The maximum absolute atomic E-state index is 13.2. The zero-order valence-electron chi connectivity index (χ0n) is 15.3. The molecule has 0 bridgehead atoms. The molecule has 0 saturated heterocycles. The molecule has 0 unspecified atom stereocenters. The molecule has 29 heavy (non-hydrogen) atoms. The van der Waals surface area contributed by atoms with E-state index in [0.717, 1.165) is 5.56 Å². The summed E-state index contributed by atoms with van der Waals surface area (Å²) in [6.45, 7) is 0. The highest BCUT2D eigenvalue weighted by molar-refractivity contribution is 5.80. The molecule has 1 heterocycles. The fourth-order valence-electron chi connectivity index (χ4n) is 3.07. The van der Waals surface area contributed by atoms with Crippen LogP contribution in [-0.2, 0) is 0 Å². The Morgan fingerprint density at radius 1 is 0.828 bits per heavy atom. The van der Waals surface area contributed by atoms with Gasteiger partial charge in [-0.25, -0.2) is 4.98 Å². The second-order valence-electron chi connectivity index (χ2n) is 6.36. The first-order chi connectivity index (χ1) is 14.2. The van der Waals surface area contributed by atoms with Gasteiger partial charge >= 0.3 is 0 Å². The summed E-state index contributed by atoms with van der Waals surface area (Å²) >= 11 is 0. The smallest absolute Gasteiger partial charge is 0.266 e. The summed E-state index contributed by atoms with van der Waals surface area (Å²) in [6, 6.07) is 25.4. The molecule has 3 aromatic carbocycles. The Morgan fingerprint density at radius 2 is 1.59 bits per heavy atom. The van der Waals surface area contributed by atoms with Crippen LogP contribution in [0.2, 0.25) is 0 Å². The summed E-state index contributed by atoms with van der Waals surface area (Å²) in [5.74, 6) is 0.452. The van der Waals surface area contributed by atoms with Gasteiger partial charge in [0.1, 0.15) is 5.82 Å². The summed E-state index contributed by atoms with van der Waals surface area (Å²) in [7, 11) is 0. The van der Waals surface area contributed by atoms with Gasteiger partial charge in [0.2, 0.25) is 0 Å². The molecule has 4 rings (SSSR count). The first-order valence-electron chi connectivity index (χ1n) is 8.90. The van der Waals surface area contributed by atoms with Crippen LogP contribution in [0.25, 0.3) is 28.7 Å². The highest BCUT2D eigenvalue weighted by atomic mass is 16.1. The predicted octanol–water partition coefficient (Wildman–Crippen LogP) is 4.30. The number of nitrogens with zero attached hydrogens (tertiary/aromatic N) is 4. The number of rotatable bonds is 3.